The first-order valence-corrected chi connectivity index (χ1v) is 6.74. The van der Waals surface area contributed by atoms with Crippen molar-refractivity contribution < 1.29 is 14.7 Å². The standard InChI is InChI=1S/C15H18N4O3/c1-10(2)6-13(15(21)22)19-14(20)11(7-16)8-18-12-4-3-5-17-9-12/h3-5,8-10,13,18H,6H2,1-2H3,(H,19,20)(H,21,22)/b11-8-. The molecule has 1 unspecified atom stereocenters. The van der Waals surface area contributed by atoms with E-state index in [1.807, 2.05) is 13.8 Å². The van der Waals surface area contributed by atoms with Crippen LogP contribution in [0, 0.1) is 17.2 Å². The van der Waals surface area contributed by atoms with Gasteiger partial charge in [-0.05, 0) is 24.5 Å². The molecule has 1 heterocycles. The van der Waals surface area contributed by atoms with Crippen LogP contribution in [0.5, 0.6) is 0 Å². The predicted octanol–water partition coefficient (Wildman–Crippen LogP) is 1.52. The van der Waals surface area contributed by atoms with Crippen LogP contribution in [0.3, 0.4) is 0 Å². The number of nitrogens with one attached hydrogen (secondary N) is 2. The van der Waals surface area contributed by atoms with Crippen molar-refractivity contribution in [2.75, 3.05) is 5.32 Å². The molecule has 7 heteroatoms. The highest BCUT2D eigenvalue weighted by atomic mass is 16.4. The number of aliphatic carboxylic acids is 1. The van der Waals surface area contributed by atoms with Gasteiger partial charge in [0.25, 0.3) is 5.91 Å². The van der Waals surface area contributed by atoms with Crippen molar-refractivity contribution in [3.05, 3.63) is 36.3 Å². The topological polar surface area (TPSA) is 115 Å². The second-order valence-electron chi connectivity index (χ2n) is 5.05. The van der Waals surface area contributed by atoms with Crippen LogP contribution < -0.4 is 10.6 Å². The lowest BCUT2D eigenvalue weighted by atomic mass is 10.0. The van der Waals surface area contributed by atoms with Gasteiger partial charge >= 0.3 is 5.97 Å². The Labute approximate surface area is 128 Å². The van der Waals surface area contributed by atoms with Crippen LogP contribution in [0.1, 0.15) is 20.3 Å². The van der Waals surface area contributed by atoms with Crippen LogP contribution in [0.4, 0.5) is 5.69 Å². The first-order chi connectivity index (χ1) is 10.4. The number of anilines is 1. The summed E-state index contributed by atoms with van der Waals surface area (Å²) in [6.45, 7) is 3.71. The molecule has 1 amide bonds. The average Bonchev–Trinajstić information content (AvgIpc) is 2.47. The quantitative estimate of drug-likeness (QED) is 0.519. The van der Waals surface area contributed by atoms with Crippen molar-refractivity contribution in [3.63, 3.8) is 0 Å². The molecule has 3 N–H and O–H groups in total. The maximum absolute atomic E-state index is 12.0. The molecular weight excluding hydrogens is 284 g/mol. The molecule has 0 aliphatic heterocycles. The van der Waals surface area contributed by atoms with Crippen molar-refractivity contribution in [1.82, 2.24) is 10.3 Å². The molecule has 0 aliphatic rings. The van der Waals surface area contributed by atoms with Gasteiger partial charge in [-0.15, -0.1) is 0 Å². The molecule has 1 aromatic heterocycles. The Morgan fingerprint density at radius 2 is 2.23 bits per heavy atom. The summed E-state index contributed by atoms with van der Waals surface area (Å²) < 4.78 is 0. The number of hydrogen-bond donors (Lipinski definition) is 3. The van der Waals surface area contributed by atoms with Gasteiger partial charge in [0.05, 0.1) is 11.9 Å². The Morgan fingerprint density at radius 1 is 1.50 bits per heavy atom. The van der Waals surface area contributed by atoms with Crippen LogP contribution >= 0.6 is 0 Å². The SMILES string of the molecule is CC(C)CC(NC(=O)/C(C#N)=C\Nc1cccnc1)C(=O)O. The second-order valence-corrected chi connectivity index (χ2v) is 5.05. The van der Waals surface area contributed by atoms with E-state index in [0.29, 0.717) is 5.69 Å². The Bertz CT molecular complexity index is 591. The number of nitrogens with zero attached hydrogens (tertiary/aromatic N) is 2. The van der Waals surface area contributed by atoms with E-state index >= 15 is 0 Å². The highest BCUT2D eigenvalue weighted by molar-refractivity contribution is 5.99. The summed E-state index contributed by atoms with van der Waals surface area (Å²) in [4.78, 5) is 27.0. The van der Waals surface area contributed by atoms with Crippen molar-refractivity contribution in [2.24, 2.45) is 5.92 Å². The van der Waals surface area contributed by atoms with Gasteiger partial charge in [-0.25, -0.2) is 4.79 Å². The zero-order valence-electron chi connectivity index (χ0n) is 12.4. The normalized spacial score (nSPS) is 12.4. The first kappa shape index (κ1) is 17.2. The van der Waals surface area contributed by atoms with Crippen molar-refractivity contribution in [2.45, 2.75) is 26.3 Å². The number of nitriles is 1. The third kappa shape index (κ3) is 5.63. The molecule has 0 aliphatic carbocycles. The van der Waals surface area contributed by atoms with E-state index in [9.17, 15) is 9.59 Å². The molecule has 116 valence electrons. The van der Waals surface area contributed by atoms with Crippen LogP contribution in [0.2, 0.25) is 0 Å². The number of aromatic nitrogens is 1. The van der Waals surface area contributed by atoms with Crippen LogP contribution in [0.25, 0.3) is 0 Å². The summed E-state index contributed by atoms with van der Waals surface area (Å²) in [5.41, 5.74) is 0.402. The minimum absolute atomic E-state index is 0.101. The molecule has 0 saturated heterocycles. The number of carboxylic acid groups (broad SMARTS) is 1. The van der Waals surface area contributed by atoms with Crippen LogP contribution in [-0.4, -0.2) is 28.0 Å². The summed E-state index contributed by atoms with van der Waals surface area (Å²) in [6.07, 6.45) is 4.63. The number of amides is 1. The van der Waals surface area contributed by atoms with Gasteiger partial charge in [0, 0.05) is 12.4 Å². The zero-order chi connectivity index (χ0) is 16.5. The smallest absolute Gasteiger partial charge is 0.326 e. The van der Waals surface area contributed by atoms with Crippen LogP contribution in [-0.2, 0) is 9.59 Å². The van der Waals surface area contributed by atoms with Gasteiger partial charge in [-0.2, -0.15) is 5.26 Å². The maximum atomic E-state index is 12.0. The molecule has 0 radical (unpaired) electrons. The molecule has 0 aromatic carbocycles. The minimum atomic E-state index is -1.13. The number of hydrogen-bond acceptors (Lipinski definition) is 5. The molecule has 1 atom stereocenters. The predicted molar refractivity (Wildman–Crippen MR) is 80.6 cm³/mol. The number of pyridine rings is 1. The fourth-order valence-electron chi connectivity index (χ4n) is 1.68. The molecule has 0 spiro atoms. The van der Waals surface area contributed by atoms with Crippen LogP contribution in [0.15, 0.2) is 36.3 Å². The lowest BCUT2D eigenvalue weighted by molar-refractivity contribution is -0.141. The number of carboxylic acids is 1. The largest absolute Gasteiger partial charge is 0.480 e. The Kier molecular flexibility index (Phi) is 6.57. The molecule has 7 nitrogen and oxygen atoms in total. The number of rotatable bonds is 7. The number of carbonyl (C=O) groups excluding carboxylic acids is 1. The Balaban J connectivity index is 2.75. The number of carbonyl (C=O) groups is 2. The van der Waals surface area contributed by atoms with E-state index in [-0.39, 0.29) is 17.9 Å². The van der Waals surface area contributed by atoms with E-state index in [1.54, 1.807) is 24.4 Å². The van der Waals surface area contributed by atoms with Gasteiger partial charge in [-0.1, -0.05) is 13.8 Å². The van der Waals surface area contributed by atoms with Crippen molar-refractivity contribution >= 4 is 17.6 Å². The maximum Gasteiger partial charge on any atom is 0.326 e. The molecule has 0 bridgehead atoms. The van der Waals surface area contributed by atoms with Gasteiger partial charge < -0.3 is 15.7 Å². The zero-order valence-corrected chi connectivity index (χ0v) is 12.4. The van der Waals surface area contributed by atoms with Gasteiger partial charge in [0.15, 0.2) is 0 Å². The third-order valence-corrected chi connectivity index (χ3v) is 2.72. The Hall–Kier alpha value is -2.88. The van der Waals surface area contributed by atoms with E-state index in [2.05, 4.69) is 15.6 Å². The summed E-state index contributed by atoms with van der Waals surface area (Å²) in [7, 11) is 0. The third-order valence-electron chi connectivity index (χ3n) is 2.72. The van der Waals surface area contributed by atoms with Gasteiger partial charge in [0.2, 0.25) is 0 Å². The molecule has 1 aromatic rings. The molecular formula is C15H18N4O3. The van der Waals surface area contributed by atoms with Gasteiger partial charge in [-0.3, -0.25) is 9.78 Å². The highest BCUT2D eigenvalue weighted by Gasteiger charge is 2.22. The Morgan fingerprint density at radius 3 is 2.73 bits per heavy atom. The fraction of sp³-hybridized carbons (Fsp3) is 0.333. The van der Waals surface area contributed by atoms with E-state index in [1.165, 1.54) is 12.4 Å². The van der Waals surface area contributed by atoms with E-state index in [0.717, 1.165) is 0 Å². The first-order valence-electron chi connectivity index (χ1n) is 6.74. The highest BCUT2D eigenvalue weighted by Crippen LogP contribution is 2.07. The molecule has 0 saturated carbocycles. The van der Waals surface area contributed by atoms with Gasteiger partial charge in [0.1, 0.15) is 17.7 Å². The van der Waals surface area contributed by atoms with Crippen molar-refractivity contribution in [3.8, 4) is 6.07 Å². The molecule has 22 heavy (non-hydrogen) atoms. The fourth-order valence-corrected chi connectivity index (χ4v) is 1.68. The lowest BCUT2D eigenvalue weighted by Gasteiger charge is -2.16. The monoisotopic (exact) mass is 302 g/mol. The average molecular weight is 302 g/mol. The van der Waals surface area contributed by atoms with Crippen molar-refractivity contribution in [1.29, 1.82) is 5.26 Å². The summed E-state index contributed by atoms with van der Waals surface area (Å²) in [5.74, 6) is -1.75. The molecule has 1 rings (SSSR count). The second kappa shape index (κ2) is 8.42. The van der Waals surface area contributed by atoms with E-state index < -0.39 is 17.9 Å². The summed E-state index contributed by atoms with van der Waals surface area (Å²) in [5, 5.41) is 23.2. The van der Waals surface area contributed by atoms with E-state index in [4.69, 9.17) is 10.4 Å². The minimum Gasteiger partial charge on any atom is -0.480 e. The molecule has 0 fully saturated rings. The summed E-state index contributed by atoms with van der Waals surface area (Å²) in [6, 6.07) is 4.13. The summed E-state index contributed by atoms with van der Waals surface area (Å²) >= 11 is 0. The lowest BCUT2D eigenvalue weighted by Crippen LogP contribution is -2.42.